The molecule has 0 aromatic heterocycles. The molecule has 0 bridgehead atoms. The normalized spacial score (nSPS) is 14.1. The van der Waals surface area contributed by atoms with E-state index in [1.807, 2.05) is 11.9 Å². The SMILES string of the molecule is CC(N(C)Cc1c(F)ccc(Br)c1F)C(C)(C)C. The van der Waals surface area contributed by atoms with Gasteiger partial charge in [0.05, 0.1) is 4.47 Å². The van der Waals surface area contributed by atoms with Gasteiger partial charge in [0.15, 0.2) is 0 Å². The minimum atomic E-state index is -0.511. The van der Waals surface area contributed by atoms with Gasteiger partial charge in [-0.05, 0) is 47.4 Å². The largest absolute Gasteiger partial charge is 0.299 e. The molecule has 1 unspecified atom stereocenters. The van der Waals surface area contributed by atoms with Crippen molar-refractivity contribution in [3.8, 4) is 0 Å². The summed E-state index contributed by atoms with van der Waals surface area (Å²) >= 11 is 3.09. The summed E-state index contributed by atoms with van der Waals surface area (Å²) in [5, 5.41) is 0. The highest BCUT2D eigenvalue weighted by Crippen LogP contribution is 2.27. The lowest BCUT2D eigenvalue weighted by Gasteiger charge is -2.35. The molecule has 0 radical (unpaired) electrons. The van der Waals surface area contributed by atoms with E-state index >= 15 is 0 Å². The van der Waals surface area contributed by atoms with Crippen LogP contribution in [-0.4, -0.2) is 18.0 Å². The Hall–Kier alpha value is -0.480. The van der Waals surface area contributed by atoms with Crippen molar-refractivity contribution in [2.24, 2.45) is 5.41 Å². The fourth-order valence-electron chi connectivity index (χ4n) is 1.76. The fraction of sp³-hybridized carbons (Fsp3) is 0.571. The Kier molecular flexibility index (Phi) is 4.90. The van der Waals surface area contributed by atoms with Gasteiger partial charge in [0, 0.05) is 18.2 Å². The molecule has 18 heavy (non-hydrogen) atoms. The number of hydrogen-bond acceptors (Lipinski definition) is 1. The van der Waals surface area contributed by atoms with Crippen molar-refractivity contribution in [2.45, 2.75) is 40.3 Å². The zero-order valence-corrected chi connectivity index (χ0v) is 13.1. The van der Waals surface area contributed by atoms with Crippen molar-refractivity contribution in [1.29, 1.82) is 0 Å². The molecule has 0 aliphatic heterocycles. The Bertz CT molecular complexity index is 427. The van der Waals surface area contributed by atoms with Crippen LogP contribution in [0.5, 0.6) is 0 Å². The van der Waals surface area contributed by atoms with Gasteiger partial charge in [-0.15, -0.1) is 0 Å². The Morgan fingerprint density at radius 3 is 2.33 bits per heavy atom. The molecule has 0 saturated carbocycles. The number of halogens is 3. The van der Waals surface area contributed by atoms with Crippen molar-refractivity contribution in [1.82, 2.24) is 4.90 Å². The van der Waals surface area contributed by atoms with Gasteiger partial charge < -0.3 is 0 Å². The number of nitrogens with zero attached hydrogens (tertiary/aromatic N) is 1. The van der Waals surface area contributed by atoms with Crippen molar-refractivity contribution in [2.75, 3.05) is 7.05 Å². The highest BCUT2D eigenvalue weighted by Gasteiger charge is 2.25. The van der Waals surface area contributed by atoms with E-state index in [0.29, 0.717) is 4.47 Å². The lowest BCUT2D eigenvalue weighted by atomic mass is 9.87. The molecule has 0 heterocycles. The first-order chi connectivity index (χ1) is 8.14. The topological polar surface area (TPSA) is 3.24 Å². The lowest BCUT2D eigenvalue weighted by Crippen LogP contribution is -2.39. The van der Waals surface area contributed by atoms with Gasteiger partial charge in [-0.25, -0.2) is 8.78 Å². The van der Waals surface area contributed by atoms with Crippen LogP contribution in [-0.2, 0) is 6.54 Å². The molecule has 0 fully saturated rings. The van der Waals surface area contributed by atoms with Gasteiger partial charge in [0.25, 0.3) is 0 Å². The van der Waals surface area contributed by atoms with Gasteiger partial charge in [-0.2, -0.15) is 0 Å². The molecular formula is C14H20BrF2N. The van der Waals surface area contributed by atoms with Gasteiger partial charge in [-0.1, -0.05) is 20.8 Å². The summed E-state index contributed by atoms with van der Waals surface area (Å²) < 4.78 is 27.8. The van der Waals surface area contributed by atoms with Crippen LogP contribution in [0.25, 0.3) is 0 Å². The maximum Gasteiger partial charge on any atom is 0.144 e. The van der Waals surface area contributed by atoms with Crippen LogP contribution in [0.3, 0.4) is 0 Å². The third-order valence-corrected chi connectivity index (χ3v) is 4.07. The van der Waals surface area contributed by atoms with Gasteiger partial charge in [-0.3, -0.25) is 4.90 Å². The lowest BCUT2D eigenvalue weighted by molar-refractivity contribution is 0.132. The zero-order chi connectivity index (χ0) is 14.1. The van der Waals surface area contributed by atoms with Crippen LogP contribution in [0.15, 0.2) is 16.6 Å². The second kappa shape index (κ2) is 5.66. The van der Waals surface area contributed by atoms with Crippen LogP contribution in [0, 0.1) is 17.0 Å². The van der Waals surface area contributed by atoms with Crippen molar-refractivity contribution >= 4 is 15.9 Å². The molecule has 1 rings (SSSR count). The van der Waals surface area contributed by atoms with E-state index in [1.54, 1.807) is 0 Å². The van der Waals surface area contributed by atoms with Crippen molar-refractivity contribution in [3.63, 3.8) is 0 Å². The summed E-state index contributed by atoms with van der Waals surface area (Å²) in [6.07, 6.45) is 0. The molecule has 0 saturated heterocycles. The first kappa shape index (κ1) is 15.6. The van der Waals surface area contributed by atoms with Crippen LogP contribution in [0.4, 0.5) is 8.78 Å². The molecule has 0 spiro atoms. The molecule has 1 aromatic rings. The fourth-order valence-corrected chi connectivity index (χ4v) is 2.13. The molecule has 102 valence electrons. The summed E-state index contributed by atoms with van der Waals surface area (Å²) in [5.41, 5.74) is 0.177. The van der Waals surface area contributed by atoms with Gasteiger partial charge in [0.1, 0.15) is 11.6 Å². The van der Waals surface area contributed by atoms with Crippen LogP contribution in [0.2, 0.25) is 0 Å². The quantitative estimate of drug-likeness (QED) is 0.736. The smallest absolute Gasteiger partial charge is 0.144 e. The standard InChI is InChI=1S/C14H20BrF2N/c1-9(14(2,3)4)18(5)8-10-12(16)7-6-11(15)13(10)17/h6-7,9H,8H2,1-5H3. The van der Waals surface area contributed by atoms with E-state index < -0.39 is 11.6 Å². The van der Waals surface area contributed by atoms with E-state index in [1.165, 1.54) is 12.1 Å². The highest BCUT2D eigenvalue weighted by atomic mass is 79.9. The van der Waals surface area contributed by atoms with Crippen LogP contribution < -0.4 is 0 Å². The summed E-state index contributed by atoms with van der Waals surface area (Å²) in [4.78, 5) is 1.97. The van der Waals surface area contributed by atoms with E-state index in [9.17, 15) is 8.78 Å². The maximum atomic E-state index is 13.9. The predicted molar refractivity (Wildman–Crippen MR) is 74.4 cm³/mol. The molecule has 0 amide bonds. The third kappa shape index (κ3) is 3.51. The Morgan fingerprint density at radius 1 is 1.28 bits per heavy atom. The Labute approximate surface area is 116 Å². The minimum absolute atomic E-state index is 0.0632. The maximum absolute atomic E-state index is 13.9. The first-order valence-corrected chi connectivity index (χ1v) is 6.76. The Morgan fingerprint density at radius 2 is 1.83 bits per heavy atom. The average Bonchev–Trinajstić information content (AvgIpc) is 2.27. The molecule has 0 N–H and O–H groups in total. The third-order valence-electron chi connectivity index (χ3n) is 3.46. The number of hydrogen-bond donors (Lipinski definition) is 0. The van der Waals surface area contributed by atoms with Crippen LogP contribution in [0.1, 0.15) is 33.3 Å². The van der Waals surface area contributed by atoms with Crippen LogP contribution >= 0.6 is 15.9 Å². The number of benzene rings is 1. The Balaban J connectivity index is 2.95. The second-order valence-electron chi connectivity index (χ2n) is 5.78. The predicted octanol–water partition coefficient (Wildman–Crippen LogP) is 4.59. The molecule has 1 nitrogen and oxygen atoms in total. The summed E-state index contributed by atoms with van der Waals surface area (Å²) in [7, 11) is 1.88. The van der Waals surface area contributed by atoms with E-state index in [4.69, 9.17) is 0 Å². The molecular weight excluding hydrogens is 300 g/mol. The van der Waals surface area contributed by atoms with Gasteiger partial charge in [0.2, 0.25) is 0 Å². The monoisotopic (exact) mass is 319 g/mol. The molecule has 0 aliphatic carbocycles. The van der Waals surface area contributed by atoms with Gasteiger partial charge >= 0.3 is 0 Å². The minimum Gasteiger partial charge on any atom is -0.299 e. The molecule has 1 aromatic carbocycles. The average molecular weight is 320 g/mol. The summed E-state index contributed by atoms with van der Waals surface area (Å²) in [6.45, 7) is 8.66. The van der Waals surface area contributed by atoms with E-state index in [2.05, 4.69) is 43.6 Å². The van der Waals surface area contributed by atoms with E-state index in [0.717, 1.165) is 0 Å². The summed E-state index contributed by atoms with van der Waals surface area (Å²) in [6, 6.07) is 2.90. The summed E-state index contributed by atoms with van der Waals surface area (Å²) in [5.74, 6) is -1.01. The molecule has 0 aliphatic rings. The van der Waals surface area contributed by atoms with Crippen molar-refractivity contribution in [3.05, 3.63) is 33.8 Å². The molecule has 1 atom stereocenters. The van der Waals surface area contributed by atoms with Crippen molar-refractivity contribution < 1.29 is 8.78 Å². The highest BCUT2D eigenvalue weighted by molar-refractivity contribution is 9.10. The van der Waals surface area contributed by atoms with E-state index in [-0.39, 0.29) is 23.6 Å². The second-order valence-corrected chi connectivity index (χ2v) is 6.63. The number of rotatable bonds is 3. The first-order valence-electron chi connectivity index (χ1n) is 5.97. The zero-order valence-electron chi connectivity index (χ0n) is 11.5. The molecule has 4 heteroatoms.